The second-order valence-electron chi connectivity index (χ2n) is 5.99. The quantitative estimate of drug-likeness (QED) is 0.875. The van der Waals surface area contributed by atoms with Crippen LogP contribution in [0.4, 0.5) is 0 Å². The molecule has 0 unspecified atom stereocenters. The number of ether oxygens (including phenoxy) is 2. The molecule has 0 aliphatic carbocycles. The molecule has 5 heteroatoms. The lowest BCUT2D eigenvalue weighted by Gasteiger charge is -2.34. The van der Waals surface area contributed by atoms with E-state index in [1.165, 1.54) is 0 Å². The topological polar surface area (TPSA) is 50.8 Å². The molecule has 1 aromatic carbocycles. The summed E-state index contributed by atoms with van der Waals surface area (Å²) in [7, 11) is 3.24. The Kier molecular flexibility index (Phi) is 6.28. The Morgan fingerprint density at radius 1 is 1.22 bits per heavy atom. The number of carbonyl (C=O) groups is 1. The van der Waals surface area contributed by atoms with E-state index < -0.39 is 0 Å². The minimum absolute atomic E-state index is 0.0651. The fourth-order valence-corrected chi connectivity index (χ4v) is 3.18. The van der Waals surface area contributed by atoms with Gasteiger partial charge in [-0.1, -0.05) is 6.92 Å². The smallest absolute Gasteiger partial charge is 0.254 e. The third-order valence-corrected chi connectivity index (χ3v) is 4.47. The standard InChI is InChI=1S/C18H28N2O3/c1-5-10-20(15-6-8-19-9-7-15)18(21)14-11-16(22-3)13(2)17(12-14)23-4/h11-12,15,19H,5-10H2,1-4H3. The molecule has 1 N–H and O–H groups in total. The van der Waals surface area contributed by atoms with Crippen LogP contribution in [0.2, 0.25) is 0 Å². The molecule has 0 saturated carbocycles. The van der Waals surface area contributed by atoms with Gasteiger partial charge in [-0.05, 0) is 51.4 Å². The van der Waals surface area contributed by atoms with Crippen LogP contribution in [-0.4, -0.2) is 50.7 Å². The highest BCUT2D eigenvalue weighted by Crippen LogP contribution is 2.30. The number of nitrogens with one attached hydrogen (secondary N) is 1. The molecule has 2 rings (SSSR count). The van der Waals surface area contributed by atoms with Crippen molar-refractivity contribution < 1.29 is 14.3 Å². The van der Waals surface area contributed by atoms with Crippen LogP contribution in [0.25, 0.3) is 0 Å². The number of amides is 1. The summed E-state index contributed by atoms with van der Waals surface area (Å²) >= 11 is 0. The van der Waals surface area contributed by atoms with E-state index in [1.807, 2.05) is 24.0 Å². The van der Waals surface area contributed by atoms with Crippen LogP contribution in [0.15, 0.2) is 12.1 Å². The van der Waals surface area contributed by atoms with E-state index in [-0.39, 0.29) is 5.91 Å². The fourth-order valence-electron chi connectivity index (χ4n) is 3.18. The van der Waals surface area contributed by atoms with Crippen molar-refractivity contribution in [3.05, 3.63) is 23.3 Å². The van der Waals surface area contributed by atoms with Crippen molar-refractivity contribution in [1.82, 2.24) is 10.2 Å². The van der Waals surface area contributed by atoms with Gasteiger partial charge in [0.15, 0.2) is 0 Å². The van der Waals surface area contributed by atoms with Gasteiger partial charge in [-0.15, -0.1) is 0 Å². The Morgan fingerprint density at radius 3 is 2.26 bits per heavy atom. The van der Waals surface area contributed by atoms with Gasteiger partial charge in [-0.3, -0.25) is 4.79 Å². The Bertz CT molecular complexity index is 514. The number of hydrogen-bond acceptors (Lipinski definition) is 4. The summed E-state index contributed by atoms with van der Waals surface area (Å²) in [4.78, 5) is 15.1. The summed E-state index contributed by atoms with van der Waals surface area (Å²) in [5.74, 6) is 1.44. The molecule has 0 atom stereocenters. The Morgan fingerprint density at radius 2 is 1.78 bits per heavy atom. The first-order valence-electron chi connectivity index (χ1n) is 8.36. The molecule has 23 heavy (non-hydrogen) atoms. The lowest BCUT2D eigenvalue weighted by atomic mass is 10.0. The van der Waals surface area contributed by atoms with Gasteiger partial charge >= 0.3 is 0 Å². The second-order valence-corrected chi connectivity index (χ2v) is 5.99. The number of methoxy groups -OCH3 is 2. The summed E-state index contributed by atoms with van der Waals surface area (Å²) in [6.45, 7) is 6.76. The van der Waals surface area contributed by atoms with E-state index in [1.54, 1.807) is 14.2 Å². The Hall–Kier alpha value is -1.75. The van der Waals surface area contributed by atoms with E-state index in [4.69, 9.17) is 9.47 Å². The first-order valence-corrected chi connectivity index (χ1v) is 8.36. The molecule has 0 radical (unpaired) electrons. The maximum Gasteiger partial charge on any atom is 0.254 e. The highest BCUT2D eigenvalue weighted by Gasteiger charge is 2.26. The van der Waals surface area contributed by atoms with Gasteiger partial charge in [0.25, 0.3) is 5.91 Å². The zero-order valence-corrected chi connectivity index (χ0v) is 14.6. The van der Waals surface area contributed by atoms with E-state index in [0.29, 0.717) is 23.1 Å². The van der Waals surface area contributed by atoms with Gasteiger partial charge in [0.05, 0.1) is 14.2 Å². The highest BCUT2D eigenvalue weighted by molar-refractivity contribution is 5.95. The zero-order valence-electron chi connectivity index (χ0n) is 14.6. The van der Waals surface area contributed by atoms with Crippen LogP contribution in [0.5, 0.6) is 11.5 Å². The van der Waals surface area contributed by atoms with Crippen LogP contribution in [0, 0.1) is 6.92 Å². The molecule has 0 spiro atoms. The van der Waals surface area contributed by atoms with E-state index in [0.717, 1.165) is 44.5 Å². The molecular formula is C18H28N2O3. The fraction of sp³-hybridized carbons (Fsp3) is 0.611. The maximum atomic E-state index is 13.1. The molecule has 1 aliphatic heterocycles. The maximum absolute atomic E-state index is 13.1. The number of nitrogens with zero attached hydrogens (tertiary/aromatic N) is 1. The summed E-state index contributed by atoms with van der Waals surface area (Å²) in [5.41, 5.74) is 1.55. The highest BCUT2D eigenvalue weighted by atomic mass is 16.5. The molecule has 0 bridgehead atoms. The molecule has 0 aromatic heterocycles. The van der Waals surface area contributed by atoms with Crippen molar-refractivity contribution in [2.45, 2.75) is 39.2 Å². The second kappa shape index (κ2) is 8.20. The van der Waals surface area contributed by atoms with Crippen molar-refractivity contribution in [3.63, 3.8) is 0 Å². The van der Waals surface area contributed by atoms with Gasteiger partial charge in [0, 0.05) is 23.7 Å². The molecule has 5 nitrogen and oxygen atoms in total. The van der Waals surface area contributed by atoms with E-state index >= 15 is 0 Å². The molecule has 1 saturated heterocycles. The van der Waals surface area contributed by atoms with Gasteiger partial charge in [0.2, 0.25) is 0 Å². The van der Waals surface area contributed by atoms with Gasteiger partial charge in [0.1, 0.15) is 11.5 Å². The first-order chi connectivity index (χ1) is 11.1. The number of carbonyl (C=O) groups excluding carboxylic acids is 1. The number of rotatable bonds is 6. The lowest BCUT2D eigenvalue weighted by molar-refractivity contribution is 0.0642. The first kappa shape index (κ1) is 17.6. The SMILES string of the molecule is CCCN(C(=O)c1cc(OC)c(C)c(OC)c1)C1CCNCC1. The lowest BCUT2D eigenvalue weighted by Crippen LogP contribution is -2.46. The van der Waals surface area contributed by atoms with Gasteiger partial charge in [-0.2, -0.15) is 0 Å². The minimum Gasteiger partial charge on any atom is -0.496 e. The van der Waals surface area contributed by atoms with Crippen molar-refractivity contribution in [2.24, 2.45) is 0 Å². The Labute approximate surface area is 139 Å². The number of hydrogen-bond donors (Lipinski definition) is 1. The predicted molar refractivity (Wildman–Crippen MR) is 91.5 cm³/mol. The van der Waals surface area contributed by atoms with Crippen molar-refractivity contribution >= 4 is 5.91 Å². The average Bonchev–Trinajstić information content (AvgIpc) is 2.60. The third kappa shape index (κ3) is 3.96. The van der Waals surface area contributed by atoms with E-state index in [9.17, 15) is 4.79 Å². The summed E-state index contributed by atoms with van der Waals surface area (Å²) in [6.07, 6.45) is 2.97. The molecule has 1 aromatic rings. The van der Waals surface area contributed by atoms with Crippen molar-refractivity contribution in [2.75, 3.05) is 33.9 Å². The van der Waals surface area contributed by atoms with Crippen LogP contribution in [-0.2, 0) is 0 Å². The normalized spacial score (nSPS) is 15.3. The molecular weight excluding hydrogens is 292 g/mol. The largest absolute Gasteiger partial charge is 0.496 e. The van der Waals surface area contributed by atoms with Gasteiger partial charge in [-0.25, -0.2) is 0 Å². The summed E-state index contributed by atoms with van der Waals surface area (Å²) < 4.78 is 10.8. The van der Waals surface area contributed by atoms with Crippen molar-refractivity contribution in [1.29, 1.82) is 0 Å². The molecule has 1 amide bonds. The Balaban J connectivity index is 2.31. The average molecular weight is 320 g/mol. The molecule has 1 fully saturated rings. The molecule has 1 heterocycles. The monoisotopic (exact) mass is 320 g/mol. The number of benzene rings is 1. The predicted octanol–water partition coefficient (Wildman–Crippen LogP) is 2.62. The molecule has 1 aliphatic rings. The van der Waals surface area contributed by atoms with Crippen LogP contribution in [0.1, 0.15) is 42.1 Å². The third-order valence-electron chi connectivity index (χ3n) is 4.47. The summed E-state index contributed by atoms with van der Waals surface area (Å²) in [5, 5.41) is 3.36. The summed E-state index contributed by atoms with van der Waals surface area (Å²) in [6, 6.07) is 3.95. The van der Waals surface area contributed by atoms with E-state index in [2.05, 4.69) is 12.2 Å². The molecule has 128 valence electrons. The zero-order chi connectivity index (χ0) is 16.8. The number of piperidine rings is 1. The van der Waals surface area contributed by atoms with Crippen LogP contribution < -0.4 is 14.8 Å². The van der Waals surface area contributed by atoms with Gasteiger partial charge < -0.3 is 19.7 Å². The van der Waals surface area contributed by atoms with Crippen molar-refractivity contribution in [3.8, 4) is 11.5 Å². The minimum atomic E-state index is 0.0651. The van der Waals surface area contributed by atoms with Crippen LogP contribution in [0.3, 0.4) is 0 Å². The van der Waals surface area contributed by atoms with Crippen LogP contribution >= 0.6 is 0 Å².